The normalized spacial score (nSPS) is 10.2. The molecule has 0 aliphatic heterocycles. The molecule has 2 nitrogen and oxygen atoms in total. The van der Waals surface area contributed by atoms with Crippen molar-refractivity contribution in [3.05, 3.63) is 71.0 Å². The molecule has 0 aliphatic carbocycles. The zero-order valence-electron chi connectivity index (χ0n) is 10.7. The average Bonchev–Trinajstić information content (AvgIpc) is 2.45. The van der Waals surface area contributed by atoms with E-state index in [0.29, 0.717) is 17.5 Å². The summed E-state index contributed by atoms with van der Waals surface area (Å²) in [5.41, 5.74) is 2.02. The molecule has 0 unspecified atom stereocenters. The monoisotopic (exact) mass is 258 g/mol. The van der Waals surface area contributed by atoms with Gasteiger partial charge >= 0.3 is 5.97 Å². The van der Waals surface area contributed by atoms with Crippen LogP contribution in [0.5, 0.6) is 0 Å². The van der Waals surface area contributed by atoms with E-state index in [1.54, 1.807) is 0 Å². The average molecular weight is 258 g/mol. The van der Waals surface area contributed by atoms with Crippen molar-refractivity contribution < 1.29 is 13.9 Å². The van der Waals surface area contributed by atoms with Gasteiger partial charge in [0.2, 0.25) is 0 Å². The highest BCUT2D eigenvalue weighted by molar-refractivity contribution is 5.91. The standard InChI is InChI=1S/C16H15FO2/c1-2-13-10-14(17)8-9-15(13)16(18)19-11-12-6-4-3-5-7-12/h3-10H,2,11H2,1H3. The van der Waals surface area contributed by atoms with Crippen molar-refractivity contribution in [1.29, 1.82) is 0 Å². The number of hydrogen-bond donors (Lipinski definition) is 0. The van der Waals surface area contributed by atoms with Gasteiger partial charge in [-0.2, -0.15) is 0 Å². The molecule has 0 aliphatic rings. The van der Waals surface area contributed by atoms with E-state index < -0.39 is 5.97 Å². The van der Waals surface area contributed by atoms with Crippen molar-refractivity contribution in [2.24, 2.45) is 0 Å². The van der Waals surface area contributed by atoms with Gasteiger partial charge in [-0.05, 0) is 35.7 Å². The molecule has 2 rings (SSSR count). The molecule has 0 atom stereocenters. The summed E-state index contributed by atoms with van der Waals surface area (Å²) in [5.74, 6) is -0.753. The SMILES string of the molecule is CCc1cc(F)ccc1C(=O)OCc1ccccc1. The smallest absolute Gasteiger partial charge is 0.338 e. The molecule has 2 aromatic rings. The molecule has 0 bridgehead atoms. The number of rotatable bonds is 4. The van der Waals surface area contributed by atoms with Gasteiger partial charge in [-0.15, -0.1) is 0 Å². The van der Waals surface area contributed by atoms with Crippen LogP contribution in [0.1, 0.15) is 28.4 Å². The molecule has 0 aromatic heterocycles. The molecule has 0 spiro atoms. The summed E-state index contributed by atoms with van der Waals surface area (Å²) in [6.45, 7) is 2.10. The van der Waals surface area contributed by atoms with Gasteiger partial charge in [-0.25, -0.2) is 9.18 Å². The van der Waals surface area contributed by atoms with E-state index in [0.717, 1.165) is 5.56 Å². The molecule has 0 fully saturated rings. The molecule has 98 valence electrons. The van der Waals surface area contributed by atoms with Crippen LogP contribution in [0.25, 0.3) is 0 Å². The molecule has 2 aromatic carbocycles. The van der Waals surface area contributed by atoms with Crippen LogP contribution in [-0.4, -0.2) is 5.97 Å². The molecule has 0 saturated heterocycles. The van der Waals surface area contributed by atoms with Gasteiger partial charge in [-0.3, -0.25) is 0 Å². The largest absolute Gasteiger partial charge is 0.457 e. The lowest BCUT2D eigenvalue weighted by atomic mass is 10.1. The van der Waals surface area contributed by atoms with Crippen LogP contribution in [0.15, 0.2) is 48.5 Å². The summed E-state index contributed by atoms with van der Waals surface area (Å²) in [7, 11) is 0. The fourth-order valence-corrected chi connectivity index (χ4v) is 1.85. The van der Waals surface area contributed by atoms with Crippen LogP contribution in [0.4, 0.5) is 4.39 Å². The summed E-state index contributed by atoms with van der Waals surface area (Å²) < 4.78 is 18.3. The van der Waals surface area contributed by atoms with Crippen molar-refractivity contribution in [3.8, 4) is 0 Å². The summed E-state index contributed by atoms with van der Waals surface area (Å²) in [6.07, 6.45) is 0.591. The summed E-state index contributed by atoms with van der Waals surface area (Å²) in [4.78, 5) is 12.0. The molecule has 0 amide bonds. The number of esters is 1. The van der Waals surface area contributed by atoms with Gasteiger partial charge in [0.25, 0.3) is 0 Å². The number of hydrogen-bond acceptors (Lipinski definition) is 2. The highest BCUT2D eigenvalue weighted by Crippen LogP contribution is 2.14. The summed E-state index contributed by atoms with van der Waals surface area (Å²) >= 11 is 0. The van der Waals surface area contributed by atoms with Crippen LogP contribution in [0.3, 0.4) is 0 Å². The number of halogens is 1. The molecule has 0 heterocycles. The minimum Gasteiger partial charge on any atom is -0.457 e. The Kier molecular flexibility index (Phi) is 4.29. The second-order valence-corrected chi connectivity index (χ2v) is 4.22. The van der Waals surface area contributed by atoms with Crippen molar-refractivity contribution in [3.63, 3.8) is 0 Å². The van der Waals surface area contributed by atoms with Gasteiger partial charge < -0.3 is 4.74 Å². The highest BCUT2D eigenvalue weighted by Gasteiger charge is 2.12. The van der Waals surface area contributed by atoms with E-state index in [1.807, 2.05) is 37.3 Å². The zero-order valence-corrected chi connectivity index (χ0v) is 10.7. The van der Waals surface area contributed by atoms with Crippen LogP contribution in [0, 0.1) is 5.82 Å². The van der Waals surface area contributed by atoms with Gasteiger partial charge in [0, 0.05) is 0 Å². The van der Waals surface area contributed by atoms with Gasteiger partial charge in [0.15, 0.2) is 0 Å². The lowest BCUT2D eigenvalue weighted by molar-refractivity contribution is 0.0471. The quantitative estimate of drug-likeness (QED) is 0.781. The lowest BCUT2D eigenvalue weighted by Crippen LogP contribution is -2.08. The van der Waals surface area contributed by atoms with Crippen molar-refractivity contribution in [2.45, 2.75) is 20.0 Å². The van der Waals surface area contributed by atoms with Crippen LogP contribution >= 0.6 is 0 Å². The van der Waals surface area contributed by atoms with E-state index >= 15 is 0 Å². The fraction of sp³-hybridized carbons (Fsp3) is 0.188. The van der Waals surface area contributed by atoms with Gasteiger partial charge in [-0.1, -0.05) is 37.3 Å². The first kappa shape index (κ1) is 13.3. The number of ether oxygens (including phenoxy) is 1. The second-order valence-electron chi connectivity index (χ2n) is 4.22. The Bertz CT molecular complexity index is 564. The van der Waals surface area contributed by atoms with E-state index in [9.17, 15) is 9.18 Å². The Labute approximate surface area is 111 Å². The summed E-state index contributed by atoms with van der Waals surface area (Å²) in [6, 6.07) is 13.6. The van der Waals surface area contributed by atoms with Crippen molar-refractivity contribution in [1.82, 2.24) is 0 Å². The topological polar surface area (TPSA) is 26.3 Å². The second kappa shape index (κ2) is 6.14. The number of carbonyl (C=O) groups is 1. The van der Waals surface area contributed by atoms with Crippen molar-refractivity contribution in [2.75, 3.05) is 0 Å². The van der Waals surface area contributed by atoms with Gasteiger partial charge in [0.1, 0.15) is 12.4 Å². The summed E-state index contributed by atoms with van der Waals surface area (Å²) in [5, 5.41) is 0. The predicted octanol–water partition coefficient (Wildman–Crippen LogP) is 3.75. The van der Waals surface area contributed by atoms with E-state index in [1.165, 1.54) is 18.2 Å². The fourth-order valence-electron chi connectivity index (χ4n) is 1.85. The van der Waals surface area contributed by atoms with E-state index in [2.05, 4.69) is 0 Å². The third-order valence-corrected chi connectivity index (χ3v) is 2.88. The maximum absolute atomic E-state index is 13.1. The Morgan fingerprint density at radius 3 is 2.58 bits per heavy atom. The zero-order chi connectivity index (χ0) is 13.7. The first-order valence-electron chi connectivity index (χ1n) is 6.20. The first-order valence-corrected chi connectivity index (χ1v) is 6.20. The Hall–Kier alpha value is -2.16. The maximum Gasteiger partial charge on any atom is 0.338 e. The minimum atomic E-state index is -0.416. The van der Waals surface area contributed by atoms with Gasteiger partial charge in [0.05, 0.1) is 5.56 Å². The molecule has 0 N–H and O–H groups in total. The lowest BCUT2D eigenvalue weighted by Gasteiger charge is -2.08. The maximum atomic E-state index is 13.1. The molecular formula is C16H15FO2. The molecule has 0 saturated carbocycles. The van der Waals surface area contributed by atoms with Crippen LogP contribution in [0.2, 0.25) is 0 Å². The van der Waals surface area contributed by atoms with Crippen LogP contribution < -0.4 is 0 Å². The molecule has 3 heteroatoms. The Morgan fingerprint density at radius 2 is 1.89 bits per heavy atom. The molecule has 19 heavy (non-hydrogen) atoms. The molecular weight excluding hydrogens is 243 g/mol. The van der Waals surface area contributed by atoms with Crippen LogP contribution in [-0.2, 0) is 17.8 Å². The predicted molar refractivity (Wildman–Crippen MR) is 71.3 cm³/mol. The van der Waals surface area contributed by atoms with Crippen molar-refractivity contribution >= 4 is 5.97 Å². The first-order chi connectivity index (χ1) is 9.20. The van der Waals surface area contributed by atoms with E-state index in [-0.39, 0.29) is 12.4 Å². The minimum absolute atomic E-state index is 0.222. The molecule has 0 radical (unpaired) electrons. The third-order valence-electron chi connectivity index (χ3n) is 2.88. The van der Waals surface area contributed by atoms with E-state index in [4.69, 9.17) is 4.74 Å². The number of carbonyl (C=O) groups excluding carboxylic acids is 1. The third kappa shape index (κ3) is 3.41. The number of benzene rings is 2. The Balaban J connectivity index is 2.08. The highest BCUT2D eigenvalue weighted by atomic mass is 19.1. The Morgan fingerprint density at radius 1 is 1.16 bits per heavy atom. The number of aryl methyl sites for hydroxylation is 1.